The van der Waals surface area contributed by atoms with E-state index in [0.717, 1.165) is 27.6 Å². The zero-order chi connectivity index (χ0) is 15.9. The van der Waals surface area contributed by atoms with Gasteiger partial charge >= 0.3 is 6.18 Å². The highest BCUT2D eigenvalue weighted by atomic mass is 79.9. The first-order chi connectivity index (χ1) is 10.3. The van der Waals surface area contributed by atoms with E-state index in [4.69, 9.17) is 0 Å². The molecule has 22 heavy (non-hydrogen) atoms. The molecule has 116 valence electrons. The summed E-state index contributed by atoms with van der Waals surface area (Å²) >= 11 is 4.01. The van der Waals surface area contributed by atoms with E-state index < -0.39 is 11.1 Å². The van der Waals surface area contributed by atoms with Crippen LogP contribution in [0.5, 0.6) is 0 Å². The lowest BCUT2D eigenvalue weighted by molar-refractivity contribution is -0.134. The van der Waals surface area contributed by atoms with Gasteiger partial charge in [-0.2, -0.15) is 13.2 Å². The molecule has 0 atom stereocenters. The topological polar surface area (TPSA) is 42.2 Å². The van der Waals surface area contributed by atoms with Crippen molar-refractivity contribution in [2.75, 3.05) is 5.32 Å². The Morgan fingerprint density at radius 3 is 2.77 bits per heavy atom. The van der Waals surface area contributed by atoms with Crippen molar-refractivity contribution < 1.29 is 13.2 Å². The van der Waals surface area contributed by atoms with Gasteiger partial charge in [-0.1, -0.05) is 11.3 Å². The summed E-state index contributed by atoms with van der Waals surface area (Å²) in [6.45, 7) is 2.28. The van der Waals surface area contributed by atoms with Gasteiger partial charge in [0.25, 0.3) is 0 Å². The highest BCUT2D eigenvalue weighted by Gasteiger charge is 2.33. The van der Waals surface area contributed by atoms with E-state index in [1.807, 2.05) is 23.6 Å². The molecular formula is C13H10BrF3N4S. The fourth-order valence-electron chi connectivity index (χ4n) is 2.05. The molecule has 3 rings (SSSR count). The number of aromatic nitrogens is 3. The number of fused-ring (bicyclic) bond motifs is 1. The number of alkyl halides is 3. The Hall–Kier alpha value is -1.61. The minimum absolute atomic E-state index is 0.231. The van der Waals surface area contributed by atoms with Crippen molar-refractivity contribution >= 4 is 38.0 Å². The number of aryl methyl sites for hydroxylation is 1. The smallest absolute Gasteiger partial charge is 0.356 e. The number of imidazole rings is 1. The molecule has 0 spiro atoms. The number of rotatable bonds is 3. The third-order valence-corrected chi connectivity index (χ3v) is 4.47. The van der Waals surface area contributed by atoms with Crippen molar-refractivity contribution in [3.05, 3.63) is 45.3 Å². The van der Waals surface area contributed by atoms with Gasteiger partial charge in [-0.3, -0.25) is 0 Å². The van der Waals surface area contributed by atoms with E-state index in [2.05, 4.69) is 31.2 Å². The number of thiazole rings is 1. The van der Waals surface area contributed by atoms with Gasteiger partial charge in [0.05, 0.1) is 24.6 Å². The summed E-state index contributed by atoms with van der Waals surface area (Å²) < 4.78 is 40.4. The standard InChI is InChI=1S/C13H10BrF3N4S/c1-7-2-8(14)6-21-9(3-18-11(7)21)4-19-12-20-5-10(22-12)13(15,16)17/h2-3,5-6H,4H2,1H3,(H,19,20). The Labute approximate surface area is 136 Å². The van der Waals surface area contributed by atoms with Gasteiger partial charge in [0.1, 0.15) is 10.5 Å². The molecule has 0 aliphatic carbocycles. The third-order valence-electron chi connectivity index (χ3n) is 3.04. The van der Waals surface area contributed by atoms with Crippen molar-refractivity contribution in [2.24, 2.45) is 0 Å². The summed E-state index contributed by atoms with van der Waals surface area (Å²) in [6, 6.07) is 1.95. The Bertz CT molecular complexity index is 824. The molecule has 0 unspecified atom stereocenters. The van der Waals surface area contributed by atoms with Crippen molar-refractivity contribution in [1.82, 2.24) is 14.4 Å². The maximum absolute atomic E-state index is 12.5. The number of hydrogen-bond donors (Lipinski definition) is 1. The van der Waals surface area contributed by atoms with Crippen LogP contribution in [0.4, 0.5) is 18.3 Å². The fraction of sp³-hybridized carbons (Fsp3) is 0.231. The Balaban J connectivity index is 1.81. The molecule has 1 N–H and O–H groups in total. The van der Waals surface area contributed by atoms with Crippen LogP contribution in [0.15, 0.2) is 29.1 Å². The van der Waals surface area contributed by atoms with E-state index in [9.17, 15) is 13.2 Å². The molecule has 0 saturated heterocycles. The molecule has 4 nitrogen and oxygen atoms in total. The molecule has 0 aromatic carbocycles. The van der Waals surface area contributed by atoms with Crippen molar-refractivity contribution in [1.29, 1.82) is 0 Å². The predicted molar refractivity (Wildman–Crippen MR) is 82.1 cm³/mol. The summed E-state index contributed by atoms with van der Waals surface area (Å²) in [5, 5.41) is 3.13. The third kappa shape index (κ3) is 2.95. The monoisotopic (exact) mass is 390 g/mol. The molecule has 0 saturated carbocycles. The van der Waals surface area contributed by atoms with E-state index in [1.54, 1.807) is 6.20 Å². The van der Waals surface area contributed by atoms with Gasteiger partial charge in [0, 0.05) is 10.7 Å². The van der Waals surface area contributed by atoms with Crippen molar-refractivity contribution in [3.63, 3.8) is 0 Å². The summed E-state index contributed by atoms with van der Waals surface area (Å²) in [5.41, 5.74) is 2.66. The maximum atomic E-state index is 12.5. The van der Waals surface area contributed by atoms with Gasteiger partial charge in [-0.15, -0.1) is 0 Å². The first-order valence-electron chi connectivity index (χ1n) is 6.23. The van der Waals surface area contributed by atoms with Crippen molar-refractivity contribution in [2.45, 2.75) is 19.6 Å². The fourth-order valence-corrected chi connectivity index (χ4v) is 3.28. The van der Waals surface area contributed by atoms with Gasteiger partial charge in [0.2, 0.25) is 0 Å². The number of nitrogens with one attached hydrogen (secondary N) is 1. The average Bonchev–Trinajstić information content (AvgIpc) is 3.02. The molecule has 0 bridgehead atoms. The Morgan fingerprint density at radius 1 is 1.32 bits per heavy atom. The molecule has 3 aromatic heterocycles. The normalized spacial score (nSPS) is 12.0. The lowest BCUT2D eigenvalue weighted by Crippen LogP contribution is -2.03. The quantitative estimate of drug-likeness (QED) is 0.716. The van der Waals surface area contributed by atoms with E-state index in [0.29, 0.717) is 17.9 Å². The van der Waals surface area contributed by atoms with E-state index >= 15 is 0 Å². The summed E-state index contributed by atoms with van der Waals surface area (Å²) in [4.78, 5) is 7.35. The van der Waals surface area contributed by atoms with Crippen LogP contribution in [-0.2, 0) is 12.7 Å². The first-order valence-corrected chi connectivity index (χ1v) is 7.84. The number of hydrogen-bond acceptors (Lipinski definition) is 4. The van der Waals surface area contributed by atoms with Gasteiger partial charge in [-0.25, -0.2) is 9.97 Å². The second-order valence-electron chi connectivity index (χ2n) is 4.67. The molecule has 3 aromatic rings. The summed E-state index contributed by atoms with van der Waals surface area (Å²) in [5.74, 6) is 0. The molecule has 3 heterocycles. The minimum Gasteiger partial charge on any atom is -0.356 e. The van der Waals surface area contributed by atoms with Crippen LogP contribution >= 0.6 is 27.3 Å². The lowest BCUT2D eigenvalue weighted by Gasteiger charge is -2.05. The Kier molecular flexibility index (Phi) is 3.85. The van der Waals surface area contributed by atoms with Gasteiger partial charge in [0.15, 0.2) is 5.13 Å². The van der Waals surface area contributed by atoms with Crippen molar-refractivity contribution in [3.8, 4) is 0 Å². The predicted octanol–water partition coefficient (Wildman–Crippen LogP) is 4.49. The maximum Gasteiger partial charge on any atom is 0.427 e. The SMILES string of the molecule is Cc1cc(Br)cn2c(CNc3ncc(C(F)(F)F)s3)cnc12. The molecule has 9 heteroatoms. The Morgan fingerprint density at radius 2 is 2.09 bits per heavy atom. The summed E-state index contributed by atoms with van der Waals surface area (Å²) in [7, 11) is 0. The molecule has 0 radical (unpaired) electrons. The van der Waals surface area contributed by atoms with Crippen LogP contribution in [0.3, 0.4) is 0 Å². The molecule has 0 fully saturated rings. The number of nitrogens with zero attached hydrogens (tertiary/aromatic N) is 3. The minimum atomic E-state index is -4.36. The largest absolute Gasteiger partial charge is 0.427 e. The highest BCUT2D eigenvalue weighted by molar-refractivity contribution is 9.10. The zero-order valence-electron chi connectivity index (χ0n) is 11.3. The van der Waals surface area contributed by atoms with Crippen LogP contribution in [0.1, 0.15) is 16.1 Å². The second kappa shape index (κ2) is 5.54. The highest BCUT2D eigenvalue weighted by Crippen LogP contribution is 2.35. The molecular weight excluding hydrogens is 381 g/mol. The summed E-state index contributed by atoms with van der Waals surface area (Å²) in [6.07, 6.45) is 0.0422. The van der Waals surface area contributed by atoms with Crippen LogP contribution < -0.4 is 5.32 Å². The molecule has 0 aliphatic rings. The first kappa shape index (κ1) is 15.3. The van der Waals surface area contributed by atoms with Crippen LogP contribution in [0.2, 0.25) is 0 Å². The molecule has 0 amide bonds. The molecule has 0 aliphatic heterocycles. The van der Waals surface area contributed by atoms with Gasteiger partial charge in [-0.05, 0) is 34.5 Å². The van der Waals surface area contributed by atoms with E-state index in [1.165, 1.54) is 0 Å². The number of anilines is 1. The average molecular weight is 391 g/mol. The van der Waals surface area contributed by atoms with Crippen LogP contribution in [0, 0.1) is 6.92 Å². The van der Waals surface area contributed by atoms with Crippen LogP contribution in [0.25, 0.3) is 5.65 Å². The zero-order valence-corrected chi connectivity index (χ0v) is 13.7. The lowest BCUT2D eigenvalue weighted by atomic mass is 10.3. The van der Waals surface area contributed by atoms with Crippen LogP contribution in [-0.4, -0.2) is 14.4 Å². The second-order valence-corrected chi connectivity index (χ2v) is 6.61. The van der Waals surface area contributed by atoms with E-state index in [-0.39, 0.29) is 5.13 Å². The number of pyridine rings is 1. The van der Waals surface area contributed by atoms with Gasteiger partial charge < -0.3 is 9.72 Å². The number of halogens is 4.